The van der Waals surface area contributed by atoms with E-state index >= 15 is 0 Å². The molecule has 0 aliphatic heterocycles. The monoisotopic (exact) mass is 329 g/mol. The fourth-order valence-electron chi connectivity index (χ4n) is 2.79. The lowest BCUT2D eigenvalue weighted by Gasteiger charge is -2.13. The molecule has 3 amide bonds. The van der Waals surface area contributed by atoms with Crippen molar-refractivity contribution in [1.82, 2.24) is 10.6 Å². The van der Waals surface area contributed by atoms with Crippen LogP contribution in [0.15, 0.2) is 29.8 Å². The van der Waals surface area contributed by atoms with Gasteiger partial charge >= 0.3 is 6.03 Å². The summed E-state index contributed by atoms with van der Waals surface area (Å²) in [6.45, 7) is 4.62. The average molecular weight is 329 g/mol. The molecule has 2 rings (SSSR count). The zero-order valence-corrected chi connectivity index (χ0v) is 14.6. The Morgan fingerprint density at radius 3 is 2.75 bits per heavy atom. The topological polar surface area (TPSA) is 70.2 Å². The summed E-state index contributed by atoms with van der Waals surface area (Å²) in [5, 5.41) is 8.16. The molecule has 24 heavy (non-hydrogen) atoms. The van der Waals surface area contributed by atoms with Gasteiger partial charge in [-0.3, -0.25) is 10.1 Å². The predicted molar refractivity (Wildman–Crippen MR) is 97.1 cm³/mol. The van der Waals surface area contributed by atoms with Gasteiger partial charge in [-0.25, -0.2) is 4.79 Å². The summed E-state index contributed by atoms with van der Waals surface area (Å²) in [5.41, 5.74) is 4.51. The van der Waals surface area contributed by atoms with E-state index in [-0.39, 0.29) is 12.5 Å². The van der Waals surface area contributed by atoms with E-state index < -0.39 is 6.03 Å². The molecular formula is C19H27N3O2. The van der Waals surface area contributed by atoms with E-state index in [0.29, 0.717) is 6.54 Å². The van der Waals surface area contributed by atoms with Crippen molar-refractivity contribution in [3.63, 3.8) is 0 Å². The first-order valence-electron chi connectivity index (χ1n) is 8.61. The molecule has 3 N–H and O–H groups in total. The Balaban J connectivity index is 1.67. The molecule has 0 saturated heterocycles. The van der Waals surface area contributed by atoms with Crippen LogP contribution in [0.1, 0.15) is 43.2 Å². The highest BCUT2D eigenvalue weighted by Crippen LogP contribution is 2.19. The maximum Gasteiger partial charge on any atom is 0.321 e. The van der Waals surface area contributed by atoms with Crippen molar-refractivity contribution in [2.24, 2.45) is 0 Å². The van der Waals surface area contributed by atoms with E-state index in [4.69, 9.17) is 0 Å². The Morgan fingerprint density at radius 2 is 2.00 bits per heavy atom. The summed E-state index contributed by atoms with van der Waals surface area (Å²) >= 11 is 0. The highest BCUT2D eigenvalue weighted by Gasteiger charge is 2.09. The second-order valence-corrected chi connectivity index (χ2v) is 6.33. The molecule has 1 aliphatic rings. The zero-order chi connectivity index (χ0) is 17.4. The SMILES string of the molecule is Cc1ccc(C)c(NCC(=O)NC(=O)NCCC2=CCCCC2)c1. The van der Waals surface area contributed by atoms with Gasteiger partial charge in [-0.15, -0.1) is 0 Å². The number of hydrogen-bond donors (Lipinski definition) is 3. The van der Waals surface area contributed by atoms with Gasteiger partial charge in [-0.05, 0) is 63.1 Å². The van der Waals surface area contributed by atoms with Gasteiger partial charge in [-0.2, -0.15) is 0 Å². The number of urea groups is 1. The van der Waals surface area contributed by atoms with Crippen LogP contribution in [0.2, 0.25) is 0 Å². The number of allylic oxidation sites excluding steroid dienone is 1. The van der Waals surface area contributed by atoms with Crippen LogP contribution in [0.3, 0.4) is 0 Å². The lowest BCUT2D eigenvalue weighted by molar-refractivity contribution is -0.118. The Morgan fingerprint density at radius 1 is 1.17 bits per heavy atom. The summed E-state index contributed by atoms with van der Waals surface area (Å²) in [5.74, 6) is -0.342. The van der Waals surface area contributed by atoms with Crippen LogP contribution in [0.25, 0.3) is 0 Å². The lowest BCUT2D eigenvalue weighted by atomic mass is 9.97. The van der Waals surface area contributed by atoms with Crippen LogP contribution in [0.5, 0.6) is 0 Å². The number of aryl methyl sites for hydroxylation is 2. The second-order valence-electron chi connectivity index (χ2n) is 6.33. The average Bonchev–Trinajstić information content (AvgIpc) is 2.56. The van der Waals surface area contributed by atoms with Gasteiger partial charge in [0, 0.05) is 12.2 Å². The maximum atomic E-state index is 11.8. The van der Waals surface area contributed by atoms with Crippen LogP contribution in [-0.4, -0.2) is 25.0 Å². The molecule has 1 aromatic carbocycles. The van der Waals surface area contributed by atoms with Crippen molar-refractivity contribution in [2.45, 2.75) is 46.0 Å². The third-order valence-corrected chi connectivity index (χ3v) is 4.20. The standard InChI is InChI=1S/C19H27N3O2/c1-14-8-9-15(2)17(12-14)21-13-18(23)22-19(24)20-11-10-16-6-4-3-5-7-16/h6,8-9,12,21H,3-5,7,10-11,13H2,1-2H3,(H2,20,22,23,24). The zero-order valence-electron chi connectivity index (χ0n) is 14.6. The van der Waals surface area contributed by atoms with Crippen LogP contribution in [0, 0.1) is 13.8 Å². The van der Waals surface area contributed by atoms with Crippen LogP contribution in [-0.2, 0) is 4.79 Å². The molecule has 5 nitrogen and oxygen atoms in total. The van der Waals surface area contributed by atoms with Crippen molar-refractivity contribution in [1.29, 1.82) is 0 Å². The van der Waals surface area contributed by atoms with E-state index in [0.717, 1.165) is 36.1 Å². The smallest absolute Gasteiger partial charge is 0.321 e. The van der Waals surface area contributed by atoms with Gasteiger partial charge in [0.2, 0.25) is 5.91 Å². The molecule has 0 atom stereocenters. The van der Waals surface area contributed by atoms with Crippen molar-refractivity contribution in [3.05, 3.63) is 41.0 Å². The van der Waals surface area contributed by atoms with Crippen LogP contribution in [0.4, 0.5) is 10.5 Å². The molecule has 0 heterocycles. The van der Waals surface area contributed by atoms with Gasteiger partial charge in [0.05, 0.1) is 6.54 Å². The summed E-state index contributed by atoms with van der Waals surface area (Å²) in [6.07, 6.45) is 7.90. The maximum absolute atomic E-state index is 11.8. The Hall–Kier alpha value is -2.30. The summed E-state index contributed by atoms with van der Waals surface area (Å²) in [6, 6.07) is 5.58. The Labute approximate surface area is 143 Å². The quantitative estimate of drug-likeness (QED) is 0.700. The number of benzene rings is 1. The normalized spacial score (nSPS) is 13.8. The van der Waals surface area contributed by atoms with Crippen LogP contribution >= 0.6 is 0 Å². The number of amides is 3. The Kier molecular flexibility index (Phi) is 6.85. The van der Waals surface area contributed by atoms with Gasteiger partial charge < -0.3 is 10.6 Å². The van der Waals surface area contributed by atoms with Crippen LogP contribution < -0.4 is 16.0 Å². The molecule has 0 aromatic heterocycles. The third-order valence-electron chi connectivity index (χ3n) is 4.20. The number of anilines is 1. The molecule has 0 saturated carbocycles. The first-order valence-corrected chi connectivity index (χ1v) is 8.61. The van der Waals surface area contributed by atoms with Crippen molar-refractivity contribution < 1.29 is 9.59 Å². The number of nitrogens with one attached hydrogen (secondary N) is 3. The minimum Gasteiger partial charge on any atom is -0.376 e. The van der Waals surface area contributed by atoms with Crippen molar-refractivity contribution in [2.75, 3.05) is 18.4 Å². The number of carbonyl (C=O) groups excluding carboxylic acids is 2. The first-order chi connectivity index (χ1) is 11.5. The molecule has 5 heteroatoms. The molecule has 0 spiro atoms. The molecule has 0 bridgehead atoms. The minimum atomic E-state index is -0.431. The fraction of sp³-hybridized carbons (Fsp3) is 0.474. The Bertz CT molecular complexity index is 623. The highest BCUT2D eigenvalue weighted by atomic mass is 16.2. The minimum absolute atomic E-state index is 0.0723. The number of carbonyl (C=O) groups is 2. The molecular weight excluding hydrogens is 302 g/mol. The number of hydrogen-bond acceptors (Lipinski definition) is 3. The van der Waals surface area contributed by atoms with Gasteiger partial charge in [0.25, 0.3) is 0 Å². The van der Waals surface area contributed by atoms with E-state index in [1.807, 2.05) is 32.0 Å². The molecule has 1 aromatic rings. The first kappa shape index (κ1) is 18.0. The molecule has 1 aliphatic carbocycles. The number of imide groups is 1. The fourth-order valence-corrected chi connectivity index (χ4v) is 2.79. The number of rotatable bonds is 6. The van der Waals surface area contributed by atoms with E-state index in [1.54, 1.807) is 0 Å². The molecule has 0 fully saturated rings. The molecule has 130 valence electrons. The van der Waals surface area contributed by atoms with Crippen molar-refractivity contribution in [3.8, 4) is 0 Å². The van der Waals surface area contributed by atoms with E-state index in [9.17, 15) is 9.59 Å². The third kappa shape index (κ3) is 6.07. The largest absolute Gasteiger partial charge is 0.376 e. The highest BCUT2D eigenvalue weighted by molar-refractivity contribution is 5.96. The summed E-state index contributed by atoms with van der Waals surface area (Å²) in [4.78, 5) is 23.6. The van der Waals surface area contributed by atoms with Gasteiger partial charge in [-0.1, -0.05) is 23.8 Å². The second kappa shape index (κ2) is 9.11. The molecule has 0 unspecified atom stereocenters. The van der Waals surface area contributed by atoms with Gasteiger partial charge in [0.1, 0.15) is 0 Å². The van der Waals surface area contributed by atoms with Gasteiger partial charge in [0.15, 0.2) is 0 Å². The lowest BCUT2D eigenvalue weighted by Crippen LogP contribution is -2.42. The summed E-state index contributed by atoms with van der Waals surface area (Å²) in [7, 11) is 0. The predicted octanol–water partition coefficient (Wildman–Crippen LogP) is 3.43. The molecule has 0 radical (unpaired) electrons. The summed E-state index contributed by atoms with van der Waals surface area (Å²) < 4.78 is 0. The van der Waals surface area contributed by atoms with Crippen molar-refractivity contribution >= 4 is 17.6 Å². The van der Waals surface area contributed by atoms with E-state index in [1.165, 1.54) is 18.4 Å². The van der Waals surface area contributed by atoms with E-state index in [2.05, 4.69) is 22.0 Å².